The first-order valence-electron chi connectivity index (χ1n) is 9.99. The summed E-state index contributed by atoms with van der Waals surface area (Å²) in [6.45, 7) is 5.44. The molecule has 3 amide bonds. The molecular weight excluding hydrogens is 456 g/mol. The maximum atomic E-state index is 12.5. The zero-order chi connectivity index (χ0) is 24.8. The molecule has 0 aromatic heterocycles. The third-order valence-electron chi connectivity index (χ3n) is 4.39. The predicted molar refractivity (Wildman–Crippen MR) is 116 cm³/mol. The normalized spacial score (nSPS) is 16.8. The zero-order valence-electron chi connectivity index (χ0n) is 18.6. The first kappa shape index (κ1) is 25.8. The fourth-order valence-electron chi connectivity index (χ4n) is 2.93. The molecule has 2 atom stereocenters. The third-order valence-corrected chi connectivity index (χ3v) is 5.95. The second-order valence-corrected chi connectivity index (χ2v) is 8.80. The maximum absolute atomic E-state index is 12.5. The summed E-state index contributed by atoms with van der Waals surface area (Å²) in [5.74, 6) is -1.91. The molecule has 0 radical (unpaired) electrons. The first-order valence-corrected chi connectivity index (χ1v) is 11.5. The molecule has 13 heteroatoms. The SMILES string of the molecule is CCOC(=O)C1=C(COC(=O)[C@H](C)NS(=O)(=O)c2ccc(NC(C)=O)cc2)NC(=O)NC1C. The van der Waals surface area contributed by atoms with E-state index in [1.807, 2.05) is 0 Å². The lowest BCUT2D eigenvalue weighted by molar-refractivity contribution is -0.145. The van der Waals surface area contributed by atoms with E-state index in [1.165, 1.54) is 38.1 Å². The molecule has 1 unspecified atom stereocenters. The van der Waals surface area contributed by atoms with Crippen molar-refractivity contribution in [2.45, 2.75) is 44.7 Å². The molecule has 4 N–H and O–H groups in total. The fourth-order valence-corrected chi connectivity index (χ4v) is 4.12. The largest absolute Gasteiger partial charge is 0.463 e. The van der Waals surface area contributed by atoms with Crippen LogP contribution in [0, 0.1) is 0 Å². The summed E-state index contributed by atoms with van der Waals surface area (Å²) in [7, 11) is -4.07. The van der Waals surface area contributed by atoms with Crippen LogP contribution in [0.25, 0.3) is 0 Å². The van der Waals surface area contributed by atoms with Gasteiger partial charge < -0.3 is 25.4 Å². The minimum absolute atomic E-state index is 0.0432. The second kappa shape index (κ2) is 10.9. The van der Waals surface area contributed by atoms with Gasteiger partial charge in [-0.1, -0.05) is 0 Å². The second-order valence-electron chi connectivity index (χ2n) is 7.09. The number of amides is 3. The van der Waals surface area contributed by atoms with E-state index in [0.29, 0.717) is 5.69 Å². The summed E-state index contributed by atoms with van der Waals surface area (Å²) in [5.41, 5.74) is 0.552. The van der Waals surface area contributed by atoms with Crippen LogP contribution in [-0.4, -0.2) is 57.6 Å². The van der Waals surface area contributed by atoms with Crippen LogP contribution in [0.15, 0.2) is 40.4 Å². The molecular formula is C20H26N4O8S. The van der Waals surface area contributed by atoms with Gasteiger partial charge in [-0.2, -0.15) is 4.72 Å². The quantitative estimate of drug-likeness (QED) is 0.366. The highest BCUT2D eigenvalue weighted by atomic mass is 32.2. The van der Waals surface area contributed by atoms with E-state index in [9.17, 15) is 27.6 Å². The maximum Gasteiger partial charge on any atom is 0.338 e. The summed E-state index contributed by atoms with van der Waals surface area (Å²) < 4.78 is 37.4. The van der Waals surface area contributed by atoms with E-state index in [-0.39, 0.29) is 28.7 Å². The Labute approximate surface area is 191 Å². The van der Waals surface area contributed by atoms with E-state index >= 15 is 0 Å². The Morgan fingerprint density at radius 3 is 2.36 bits per heavy atom. The molecule has 0 aliphatic carbocycles. The Bertz CT molecular complexity index is 1070. The predicted octanol–water partition coefficient (Wildman–Crippen LogP) is 0.374. The van der Waals surface area contributed by atoms with Crippen molar-refractivity contribution in [3.63, 3.8) is 0 Å². The highest BCUT2D eigenvalue weighted by molar-refractivity contribution is 7.89. The number of carbonyl (C=O) groups is 4. The number of rotatable bonds is 9. The lowest BCUT2D eigenvalue weighted by atomic mass is 10.0. The minimum atomic E-state index is -4.07. The van der Waals surface area contributed by atoms with Crippen molar-refractivity contribution >= 4 is 39.6 Å². The van der Waals surface area contributed by atoms with E-state index in [0.717, 1.165) is 0 Å². The molecule has 180 valence electrons. The number of ether oxygens (including phenoxy) is 2. The summed E-state index contributed by atoms with van der Waals surface area (Å²) in [5, 5.41) is 7.43. The van der Waals surface area contributed by atoms with E-state index in [4.69, 9.17) is 9.47 Å². The molecule has 0 spiro atoms. The molecule has 0 bridgehead atoms. The van der Waals surface area contributed by atoms with Gasteiger partial charge in [0.1, 0.15) is 12.6 Å². The molecule has 1 aliphatic heterocycles. The fraction of sp³-hybridized carbons (Fsp3) is 0.400. The van der Waals surface area contributed by atoms with Gasteiger partial charge in [0.25, 0.3) is 0 Å². The molecule has 1 aromatic carbocycles. The van der Waals surface area contributed by atoms with Crippen LogP contribution in [0.4, 0.5) is 10.5 Å². The molecule has 1 aromatic rings. The number of urea groups is 1. The summed E-state index contributed by atoms with van der Waals surface area (Å²) in [6.07, 6.45) is 0. The van der Waals surface area contributed by atoms with Crippen LogP contribution >= 0.6 is 0 Å². The van der Waals surface area contributed by atoms with Gasteiger partial charge >= 0.3 is 18.0 Å². The van der Waals surface area contributed by atoms with E-state index in [2.05, 4.69) is 20.7 Å². The van der Waals surface area contributed by atoms with Crippen molar-refractivity contribution in [1.29, 1.82) is 0 Å². The molecule has 33 heavy (non-hydrogen) atoms. The Hall–Kier alpha value is -3.45. The van der Waals surface area contributed by atoms with Crippen molar-refractivity contribution in [2.75, 3.05) is 18.5 Å². The number of hydrogen-bond donors (Lipinski definition) is 4. The topological polar surface area (TPSA) is 169 Å². The van der Waals surface area contributed by atoms with Crippen LogP contribution < -0.4 is 20.7 Å². The van der Waals surface area contributed by atoms with Gasteiger partial charge in [-0.25, -0.2) is 18.0 Å². The number of benzene rings is 1. The lowest BCUT2D eigenvalue weighted by Gasteiger charge is -2.26. The molecule has 0 fully saturated rings. The molecule has 12 nitrogen and oxygen atoms in total. The highest BCUT2D eigenvalue weighted by Crippen LogP contribution is 2.16. The minimum Gasteiger partial charge on any atom is -0.463 e. The molecule has 0 saturated heterocycles. The molecule has 2 rings (SSSR count). The Morgan fingerprint density at radius 1 is 1.15 bits per heavy atom. The van der Waals surface area contributed by atoms with Crippen molar-refractivity contribution in [2.24, 2.45) is 0 Å². The summed E-state index contributed by atoms with van der Waals surface area (Å²) >= 11 is 0. The van der Waals surface area contributed by atoms with Gasteiger partial charge in [0.2, 0.25) is 15.9 Å². The number of anilines is 1. The smallest absolute Gasteiger partial charge is 0.338 e. The van der Waals surface area contributed by atoms with E-state index < -0.39 is 46.7 Å². The van der Waals surface area contributed by atoms with Crippen molar-refractivity contribution in [3.8, 4) is 0 Å². The first-order chi connectivity index (χ1) is 15.4. The van der Waals surface area contributed by atoms with Gasteiger partial charge in [-0.3, -0.25) is 9.59 Å². The summed E-state index contributed by atoms with van der Waals surface area (Å²) in [4.78, 5) is 47.3. The number of sulfonamides is 1. The average molecular weight is 483 g/mol. The van der Waals surface area contributed by atoms with E-state index in [1.54, 1.807) is 13.8 Å². The summed E-state index contributed by atoms with van der Waals surface area (Å²) in [6, 6.07) is 2.82. The lowest BCUT2D eigenvalue weighted by Crippen LogP contribution is -2.50. The zero-order valence-corrected chi connectivity index (χ0v) is 19.4. The van der Waals surface area contributed by atoms with Crippen LogP contribution in [0.1, 0.15) is 27.7 Å². The average Bonchev–Trinajstić information content (AvgIpc) is 2.71. The van der Waals surface area contributed by atoms with Crippen LogP contribution in [0.5, 0.6) is 0 Å². The van der Waals surface area contributed by atoms with Gasteiger partial charge in [0.15, 0.2) is 0 Å². The molecule has 1 aliphatic rings. The number of carbonyl (C=O) groups excluding carboxylic acids is 4. The van der Waals surface area contributed by atoms with Gasteiger partial charge in [-0.15, -0.1) is 0 Å². The monoisotopic (exact) mass is 482 g/mol. The number of hydrogen-bond acceptors (Lipinski definition) is 8. The van der Waals surface area contributed by atoms with Crippen molar-refractivity contribution in [3.05, 3.63) is 35.5 Å². The molecule has 1 heterocycles. The number of nitrogens with one attached hydrogen (secondary N) is 4. The van der Waals surface area contributed by atoms with Crippen molar-refractivity contribution in [1.82, 2.24) is 15.4 Å². The third kappa shape index (κ3) is 7.02. The van der Waals surface area contributed by atoms with Crippen LogP contribution in [0.3, 0.4) is 0 Å². The standard InChI is InChI=1S/C20H26N4O8S/c1-5-31-19(27)17-11(2)21-20(28)23-16(17)10-32-18(26)12(3)24-33(29,30)15-8-6-14(7-9-15)22-13(4)25/h6-9,11-12,24H,5,10H2,1-4H3,(H,22,25)(H2,21,23,28)/t11?,12-/m0/s1. The van der Waals surface area contributed by atoms with Crippen LogP contribution in [-0.2, 0) is 33.9 Å². The van der Waals surface area contributed by atoms with Crippen molar-refractivity contribution < 1.29 is 37.1 Å². The number of esters is 2. The Morgan fingerprint density at radius 2 is 1.79 bits per heavy atom. The van der Waals surface area contributed by atoms with Gasteiger partial charge in [0.05, 0.1) is 28.8 Å². The Balaban J connectivity index is 2.07. The van der Waals surface area contributed by atoms with Gasteiger partial charge in [-0.05, 0) is 45.0 Å². The molecule has 0 saturated carbocycles. The highest BCUT2D eigenvalue weighted by Gasteiger charge is 2.31. The van der Waals surface area contributed by atoms with Gasteiger partial charge in [0, 0.05) is 12.6 Å². The van der Waals surface area contributed by atoms with Crippen LogP contribution in [0.2, 0.25) is 0 Å². The Kier molecular flexibility index (Phi) is 8.54.